The third-order valence-electron chi connectivity index (χ3n) is 4.71. The summed E-state index contributed by atoms with van der Waals surface area (Å²) in [7, 11) is 1.94. The normalized spacial score (nSPS) is 9.87. The number of halogens is 5. The first-order chi connectivity index (χ1) is 18.0. The Morgan fingerprint density at radius 1 is 0.895 bits per heavy atom. The predicted octanol–water partition coefficient (Wildman–Crippen LogP) is 4.06. The van der Waals surface area contributed by atoms with Crippen LogP contribution in [0.15, 0.2) is 45.6 Å². The van der Waals surface area contributed by atoms with E-state index >= 15 is 0 Å². The van der Waals surface area contributed by atoms with Crippen LogP contribution in [0.25, 0.3) is 0 Å². The first-order valence-electron chi connectivity index (χ1n) is 10.4. The topological polar surface area (TPSA) is 149 Å². The second-order valence-corrected chi connectivity index (χ2v) is 10.1. The molecule has 0 spiro atoms. The van der Waals surface area contributed by atoms with Gasteiger partial charge >= 0.3 is 7.12 Å². The number of rotatable bonds is 4. The Morgan fingerprint density at radius 3 is 1.79 bits per heavy atom. The number of nitriles is 2. The molecule has 0 aliphatic carbocycles. The highest BCUT2D eigenvalue weighted by atomic mass is 79.9. The maximum absolute atomic E-state index is 8.95. The van der Waals surface area contributed by atoms with Gasteiger partial charge in [-0.05, 0) is 49.6 Å². The lowest BCUT2D eigenvalue weighted by molar-refractivity contribution is 0.425. The molecule has 10 nitrogen and oxygen atoms in total. The van der Waals surface area contributed by atoms with E-state index in [2.05, 4.69) is 80.1 Å². The number of pyridine rings is 2. The van der Waals surface area contributed by atoms with E-state index in [0.717, 1.165) is 21.4 Å². The molecule has 38 heavy (non-hydrogen) atoms. The number of hydrogen-bond donors (Lipinski definition) is 2. The van der Waals surface area contributed by atoms with Crippen LogP contribution in [0.1, 0.15) is 28.3 Å². The van der Waals surface area contributed by atoms with Crippen molar-refractivity contribution in [1.82, 2.24) is 29.5 Å². The Labute approximate surface area is 254 Å². The monoisotopic (exact) mass is 744 g/mol. The van der Waals surface area contributed by atoms with Gasteiger partial charge in [-0.1, -0.05) is 51.3 Å². The van der Waals surface area contributed by atoms with Crippen LogP contribution in [0, 0.1) is 22.7 Å². The van der Waals surface area contributed by atoms with Crippen LogP contribution in [-0.4, -0.2) is 46.7 Å². The first kappa shape index (κ1) is 31.9. The smallest absolute Gasteiger partial charge is 0.423 e. The Bertz CT molecular complexity index is 1480. The van der Waals surface area contributed by atoms with Gasteiger partial charge in [0.25, 0.3) is 0 Å². The van der Waals surface area contributed by atoms with Crippen LogP contribution < -0.4 is 5.46 Å². The highest BCUT2D eigenvalue weighted by Crippen LogP contribution is 2.25. The minimum absolute atomic E-state index is 0.123. The number of aryl methyl sites for hydroxylation is 2. The molecular formula is C22H18BBr3Cl2N8O2. The molecule has 2 N–H and O–H groups in total. The van der Waals surface area contributed by atoms with Crippen LogP contribution in [-0.2, 0) is 25.8 Å². The number of alkyl halides is 1. The molecule has 0 aliphatic heterocycles. The SMILES string of the molecule is Cn1nc(CBr)c(Br)c1C#N.Cn1nc(Cc2cccnc2Cl)c(Br)c1C#N.OB(O)c1cccnc1Cl. The van der Waals surface area contributed by atoms with Gasteiger partial charge in [0.15, 0.2) is 11.4 Å². The van der Waals surface area contributed by atoms with Crippen molar-refractivity contribution in [1.29, 1.82) is 10.5 Å². The Morgan fingerprint density at radius 2 is 1.39 bits per heavy atom. The lowest BCUT2D eigenvalue weighted by Gasteiger charge is -2.00. The average molecular weight is 748 g/mol. The summed E-state index contributed by atoms with van der Waals surface area (Å²) in [5, 5.41) is 44.5. The Balaban J connectivity index is 0.000000211. The summed E-state index contributed by atoms with van der Waals surface area (Å²) < 4.78 is 4.59. The average Bonchev–Trinajstić information content (AvgIpc) is 3.33. The van der Waals surface area contributed by atoms with E-state index in [1.165, 1.54) is 12.3 Å². The molecule has 0 fully saturated rings. The summed E-state index contributed by atoms with van der Waals surface area (Å²) in [4.78, 5) is 7.65. The van der Waals surface area contributed by atoms with E-state index in [0.29, 0.717) is 32.8 Å². The number of nitrogens with zero attached hydrogens (tertiary/aromatic N) is 8. The summed E-state index contributed by atoms with van der Waals surface area (Å²) in [5.41, 5.74) is 3.80. The van der Waals surface area contributed by atoms with Crippen molar-refractivity contribution < 1.29 is 10.0 Å². The van der Waals surface area contributed by atoms with Crippen molar-refractivity contribution in [2.75, 3.05) is 0 Å². The molecule has 0 aromatic carbocycles. The lowest BCUT2D eigenvalue weighted by Crippen LogP contribution is -2.31. The van der Waals surface area contributed by atoms with Gasteiger partial charge in [-0.25, -0.2) is 9.97 Å². The second-order valence-electron chi connectivity index (χ2n) is 7.21. The fraction of sp³-hybridized carbons (Fsp3) is 0.182. The molecule has 0 saturated heterocycles. The minimum atomic E-state index is -1.54. The molecule has 0 bridgehead atoms. The molecule has 16 heteroatoms. The van der Waals surface area contributed by atoms with Crippen LogP contribution in [0.2, 0.25) is 10.3 Å². The van der Waals surface area contributed by atoms with Crippen LogP contribution in [0.4, 0.5) is 0 Å². The van der Waals surface area contributed by atoms with E-state index in [-0.39, 0.29) is 10.6 Å². The fourth-order valence-corrected chi connectivity index (χ4v) is 5.17. The highest BCUT2D eigenvalue weighted by molar-refractivity contribution is 9.11. The molecule has 4 heterocycles. The van der Waals surface area contributed by atoms with Crippen LogP contribution >= 0.6 is 71.0 Å². The van der Waals surface area contributed by atoms with E-state index in [9.17, 15) is 0 Å². The maximum Gasteiger partial charge on any atom is 0.491 e. The molecule has 0 unspecified atom stereocenters. The quantitative estimate of drug-likeness (QED) is 0.181. The molecule has 0 aliphatic rings. The third-order valence-corrected chi connectivity index (χ3v) is 7.56. The van der Waals surface area contributed by atoms with Crippen LogP contribution in [0.3, 0.4) is 0 Å². The molecule has 4 aromatic heterocycles. The molecular weight excluding hydrogens is 730 g/mol. The van der Waals surface area contributed by atoms with Crippen molar-refractivity contribution >= 4 is 83.6 Å². The van der Waals surface area contributed by atoms with Gasteiger partial charge in [-0.3, -0.25) is 9.36 Å². The zero-order valence-electron chi connectivity index (χ0n) is 19.8. The third kappa shape index (κ3) is 8.35. The van der Waals surface area contributed by atoms with Crippen molar-refractivity contribution in [3.8, 4) is 12.1 Å². The highest BCUT2D eigenvalue weighted by Gasteiger charge is 2.15. The Kier molecular flexibility index (Phi) is 12.9. The van der Waals surface area contributed by atoms with E-state index in [4.69, 9.17) is 43.8 Å². The summed E-state index contributed by atoms with van der Waals surface area (Å²) >= 11 is 21.4. The van der Waals surface area contributed by atoms with E-state index < -0.39 is 7.12 Å². The fourth-order valence-electron chi connectivity index (χ4n) is 2.87. The van der Waals surface area contributed by atoms with Gasteiger partial charge in [-0.15, -0.1) is 0 Å². The first-order valence-corrected chi connectivity index (χ1v) is 13.9. The van der Waals surface area contributed by atoms with Gasteiger partial charge in [-0.2, -0.15) is 20.7 Å². The summed E-state index contributed by atoms with van der Waals surface area (Å²) in [6.45, 7) is 0. The number of hydrogen-bond acceptors (Lipinski definition) is 8. The summed E-state index contributed by atoms with van der Waals surface area (Å²) in [6, 6.07) is 10.9. The Hall–Kier alpha value is -2.30. The lowest BCUT2D eigenvalue weighted by atomic mass is 9.82. The zero-order chi connectivity index (χ0) is 28.4. The van der Waals surface area contributed by atoms with Gasteiger partial charge in [0, 0.05) is 43.7 Å². The van der Waals surface area contributed by atoms with Gasteiger partial charge in [0.2, 0.25) is 0 Å². The van der Waals surface area contributed by atoms with Gasteiger partial charge < -0.3 is 10.0 Å². The molecule has 196 valence electrons. The predicted molar refractivity (Wildman–Crippen MR) is 155 cm³/mol. The van der Waals surface area contributed by atoms with E-state index in [1.807, 2.05) is 12.1 Å². The molecule has 0 atom stereocenters. The maximum atomic E-state index is 8.95. The van der Waals surface area contributed by atoms with Gasteiger partial charge in [0.1, 0.15) is 22.4 Å². The zero-order valence-corrected chi connectivity index (χ0v) is 26.1. The molecule has 4 aromatic rings. The summed E-state index contributed by atoms with van der Waals surface area (Å²) in [6.07, 6.45) is 3.66. The van der Waals surface area contributed by atoms with Gasteiger partial charge in [0.05, 0.1) is 20.3 Å². The molecule has 4 rings (SSSR count). The second kappa shape index (κ2) is 15.3. The largest absolute Gasteiger partial charge is 0.491 e. The molecule has 0 amide bonds. The van der Waals surface area contributed by atoms with Crippen molar-refractivity contribution in [3.63, 3.8) is 0 Å². The van der Waals surface area contributed by atoms with Crippen molar-refractivity contribution in [2.45, 2.75) is 11.8 Å². The minimum Gasteiger partial charge on any atom is -0.423 e. The van der Waals surface area contributed by atoms with Crippen LogP contribution in [0.5, 0.6) is 0 Å². The van der Waals surface area contributed by atoms with Crippen molar-refractivity contribution in [2.24, 2.45) is 14.1 Å². The standard InChI is InChI=1S/C11H8BrClN4.C6H5Br2N3.C5H5BClNO2/c1-17-9(6-14)10(12)8(16-17)5-7-3-2-4-15-11(7)13;1-11-5(3-9)6(8)4(2-7)10-11;7-5-4(6(9)10)2-1-3-8-5/h2-4H,5H2,1H3;2H2,1H3;1-3,9-10H. The van der Waals surface area contributed by atoms with Crippen molar-refractivity contribution in [3.05, 3.63) is 84.2 Å². The summed E-state index contributed by atoms with van der Waals surface area (Å²) in [5.74, 6) is 0. The number of aromatic nitrogens is 6. The molecule has 0 saturated carbocycles. The van der Waals surface area contributed by atoms with E-state index in [1.54, 1.807) is 35.7 Å². The molecule has 0 radical (unpaired) electrons.